The topological polar surface area (TPSA) is 70.1 Å². The summed E-state index contributed by atoms with van der Waals surface area (Å²) in [6.45, 7) is 2.22. The van der Waals surface area contributed by atoms with Crippen LogP contribution in [0.4, 0.5) is 10.1 Å². The summed E-state index contributed by atoms with van der Waals surface area (Å²) in [4.78, 5) is 11.4. The Morgan fingerprint density at radius 1 is 1.53 bits per heavy atom. The van der Waals surface area contributed by atoms with E-state index in [1.54, 1.807) is 6.07 Å². The Balaban J connectivity index is 2.29. The minimum absolute atomic E-state index is 0.0663. The summed E-state index contributed by atoms with van der Waals surface area (Å²) < 4.78 is 19.2. The van der Waals surface area contributed by atoms with E-state index in [9.17, 15) is 9.18 Å². The molecule has 0 aliphatic rings. The quantitative estimate of drug-likeness (QED) is 0.856. The van der Waals surface area contributed by atoms with Crippen molar-refractivity contribution >= 4 is 11.7 Å². The molecule has 5 nitrogen and oxygen atoms in total. The molecule has 0 saturated heterocycles. The number of carbonyl (C=O) groups excluding carboxylic acids is 1. The van der Waals surface area contributed by atoms with E-state index in [1.807, 2.05) is 6.92 Å². The van der Waals surface area contributed by atoms with Crippen molar-refractivity contribution in [1.82, 2.24) is 9.78 Å². The van der Waals surface area contributed by atoms with Crippen LogP contribution in [0, 0.1) is 12.7 Å². The highest BCUT2D eigenvalue weighted by molar-refractivity contribution is 5.92. The first kappa shape index (κ1) is 13.1. The van der Waals surface area contributed by atoms with Crippen molar-refractivity contribution in [2.45, 2.75) is 13.5 Å². The molecule has 19 heavy (non-hydrogen) atoms. The third-order valence-corrected chi connectivity index (χ3v) is 2.81. The number of methoxy groups -OCH3 is 1. The fraction of sp³-hybridized carbons (Fsp3) is 0.231. The van der Waals surface area contributed by atoms with Crippen molar-refractivity contribution in [2.24, 2.45) is 0 Å². The van der Waals surface area contributed by atoms with Gasteiger partial charge in [0.1, 0.15) is 5.82 Å². The van der Waals surface area contributed by atoms with E-state index in [-0.39, 0.29) is 17.2 Å². The maximum Gasteiger partial charge on any atom is 0.360 e. The minimum atomic E-state index is -0.591. The normalized spacial score (nSPS) is 10.5. The highest BCUT2D eigenvalue weighted by Gasteiger charge is 2.15. The molecular formula is C13H14FN3O2. The average molecular weight is 263 g/mol. The van der Waals surface area contributed by atoms with E-state index in [2.05, 4.69) is 9.84 Å². The second kappa shape index (κ2) is 5.09. The molecular weight excluding hydrogens is 249 g/mol. The monoisotopic (exact) mass is 263 g/mol. The van der Waals surface area contributed by atoms with E-state index in [0.29, 0.717) is 6.54 Å². The Hall–Kier alpha value is -2.37. The van der Waals surface area contributed by atoms with Crippen LogP contribution in [0.3, 0.4) is 0 Å². The van der Waals surface area contributed by atoms with Gasteiger partial charge in [0.15, 0.2) is 5.69 Å². The number of nitrogen functional groups attached to an aromatic ring is 1. The molecule has 6 heteroatoms. The van der Waals surface area contributed by atoms with Gasteiger partial charge >= 0.3 is 5.97 Å². The summed E-state index contributed by atoms with van der Waals surface area (Å²) in [6.07, 6.45) is 1.52. The fourth-order valence-corrected chi connectivity index (χ4v) is 1.76. The number of aryl methyl sites for hydroxylation is 1. The third-order valence-electron chi connectivity index (χ3n) is 2.81. The molecule has 1 heterocycles. The van der Waals surface area contributed by atoms with Crippen molar-refractivity contribution in [3.05, 3.63) is 47.0 Å². The third kappa shape index (κ3) is 2.73. The van der Waals surface area contributed by atoms with Crippen LogP contribution < -0.4 is 5.73 Å². The van der Waals surface area contributed by atoms with Crippen molar-refractivity contribution in [1.29, 1.82) is 0 Å². The van der Waals surface area contributed by atoms with Gasteiger partial charge in [-0.05, 0) is 30.2 Å². The Morgan fingerprint density at radius 3 is 2.95 bits per heavy atom. The zero-order valence-corrected chi connectivity index (χ0v) is 10.7. The summed E-state index contributed by atoms with van der Waals surface area (Å²) in [5.41, 5.74) is 7.70. The first-order chi connectivity index (χ1) is 9.01. The van der Waals surface area contributed by atoms with Crippen molar-refractivity contribution < 1.29 is 13.9 Å². The van der Waals surface area contributed by atoms with Gasteiger partial charge in [0, 0.05) is 6.20 Å². The van der Waals surface area contributed by atoms with E-state index < -0.39 is 5.97 Å². The lowest BCUT2D eigenvalue weighted by molar-refractivity contribution is 0.0594. The summed E-state index contributed by atoms with van der Waals surface area (Å²) >= 11 is 0. The lowest BCUT2D eigenvalue weighted by Crippen LogP contribution is -2.07. The zero-order chi connectivity index (χ0) is 14.0. The summed E-state index contributed by atoms with van der Waals surface area (Å²) in [5.74, 6) is -0.902. The van der Waals surface area contributed by atoms with Gasteiger partial charge in [-0.1, -0.05) is 6.07 Å². The molecule has 0 fully saturated rings. The molecule has 0 atom stereocenters. The number of benzene rings is 1. The van der Waals surface area contributed by atoms with Gasteiger partial charge in [0.05, 0.1) is 19.3 Å². The van der Waals surface area contributed by atoms with Crippen molar-refractivity contribution in [3.8, 4) is 0 Å². The van der Waals surface area contributed by atoms with Crippen LogP contribution in [0.25, 0.3) is 0 Å². The molecule has 1 aromatic heterocycles. The SMILES string of the molecule is COC(=O)c1nn(Cc2cc(F)ccc2C)cc1N. The fourth-order valence-electron chi connectivity index (χ4n) is 1.76. The molecule has 0 bridgehead atoms. The Labute approximate surface area is 109 Å². The standard InChI is InChI=1S/C13H14FN3O2/c1-8-3-4-10(14)5-9(8)6-17-7-11(15)12(16-17)13(18)19-2/h3-5,7H,6,15H2,1-2H3. The van der Waals surface area contributed by atoms with Crippen LogP contribution in [-0.4, -0.2) is 22.9 Å². The molecule has 0 unspecified atom stereocenters. The molecule has 0 aliphatic heterocycles. The summed E-state index contributed by atoms with van der Waals surface area (Å²) in [7, 11) is 1.26. The smallest absolute Gasteiger partial charge is 0.360 e. The molecule has 2 rings (SSSR count). The number of ether oxygens (including phenoxy) is 1. The second-order valence-corrected chi connectivity index (χ2v) is 4.19. The van der Waals surface area contributed by atoms with Crippen molar-refractivity contribution in [2.75, 3.05) is 12.8 Å². The van der Waals surface area contributed by atoms with Gasteiger partial charge < -0.3 is 10.5 Å². The number of hydrogen-bond acceptors (Lipinski definition) is 4. The average Bonchev–Trinajstić information content (AvgIpc) is 2.74. The van der Waals surface area contributed by atoms with Crippen LogP contribution in [0.1, 0.15) is 21.6 Å². The van der Waals surface area contributed by atoms with E-state index in [1.165, 1.54) is 30.1 Å². The molecule has 1 aromatic carbocycles. The molecule has 2 aromatic rings. The number of anilines is 1. The van der Waals surface area contributed by atoms with Crippen LogP contribution in [0.15, 0.2) is 24.4 Å². The molecule has 0 spiro atoms. The molecule has 0 saturated carbocycles. The lowest BCUT2D eigenvalue weighted by atomic mass is 10.1. The zero-order valence-electron chi connectivity index (χ0n) is 10.7. The summed E-state index contributed by atoms with van der Waals surface area (Å²) in [6, 6.07) is 4.53. The molecule has 0 amide bonds. The Kier molecular flexibility index (Phi) is 3.50. The predicted octanol–water partition coefficient (Wildman–Crippen LogP) is 1.75. The number of esters is 1. The van der Waals surface area contributed by atoms with Gasteiger partial charge in [-0.2, -0.15) is 5.10 Å². The number of aromatic nitrogens is 2. The number of rotatable bonds is 3. The number of nitrogens with zero attached hydrogens (tertiary/aromatic N) is 2. The van der Waals surface area contributed by atoms with Crippen molar-refractivity contribution in [3.63, 3.8) is 0 Å². The van der Waals surface area contributed by atoms with E-state index in [4.69, 9.17) is 5.73 Å². The maximum absolute atomic E-state index is 13.2. The van der Waals surface area contributed by atoms with Crippen LogP contribution >= 0.6 is 0 Å². The first-order valence-corrected chi connectivity index (χ1v) is 5.67. The van der Waals surface area contributed by atoms with Gasteiger partial charge in [0.25, 0.3) is 0 Å². The van der Waals surface area contributed by atoms with Crippen LogP contribution in [-0.2, 0) is 11.3 Å². The van der Waals surface area contributed by atoms with Gasteiger partial charge in [-0.3, -0.25) is 4.68 Å². The van der Waals surface area contributed by atoms with Crippen LogP contribution in [0.2, 0.25) is 0 Å². The predicted molar refractivity (Wildman–Crippen MR) is 68.2 cm³/mol. The van der Waals surface area contributed by atoms with E-state index >= 15 is 0 Å². The first-order valence-electron chi connectivity index (χ1n) is 5.67. The maximum atomic E-state index is 13.2. The second-order valence-electron chi connectivity index (χ2n) is 4.19. The molecule has 100 valence electrons. The molecule has 0 radical (unpaired) electrons. The number of hydrogen-bond donors (Lipinski definition) is 1. The Bertz CT molecular complexity index is 622. The van der Waals surface area contributed by atoms with Gasteiger partial charge in [-0.25, -0.2) is 9.18 Å². The largest absolute Gasteiger partial charge is 0.464 e. The lowest BCUT2D eigenvalue weighted by Gasteiger charge is -2.05. The highest BCUT2D eigenvalue weighted by atomic mass is 19.1. The molecule has 0 aliphatic carbocycles. The minimum Gasteiger partial charge on any atom is -0.464 e. The van der Waals surface area contributed by atoms with Gasteiger partial charge in [0.2, 0.25) is 0 Å². The summed E-state index contributed by atoms with van der Waals surface area (Å²) in [5, 5.41) is 4.04. The van der Waals surface area contributed by atoms with Crippen LogP contribution in [0.5, 0.6) is 0 Å². The number of halogens is 1. The highest BCUT2D eigenvalue weighted by Crippen LogP contribution is 2.15. The molecule has 2 N–H and O–H groups in total. The number of nitrogens with two attached hydrogens (primary N) is 1. The van der Waals surface area contributed by atoms with Gasteiger partial charge in [-0.15, -0.1) is 0 Å². The Morgan fingerprint density at radius 2 is 2.26 bits per heavy atom. The van der Waals surface area contributed by atoms with E-state index in [0.717, 1.165) is 11.1 Å². The number of carbonyl (C=O) groups is 1.